The standard InChI is InChI=1S/C11H14BrN2/c1-13-5-7-14(8-6-13)11-4-2-3-10(12)9-11/h2-4,9H,1,5-8H2/q+1. The van der Waals surface area contributed by atoms with Crippen LogP contribution in [-0.2, 0) is 0 Å². The fourth-order valence-electron chi connectivity index (χ4n) is 1.68. The highest BCUT2D eigenvalue weighted by Gasteiger charge is 2.16. The zero-order valence-electron chi connectivity index (χ0n) is 8.12. The van der Waals surface area contributed by atoms with Gasteiger partial charge < -0.3 is 4.90 Å². The summed E-state index contributed by atoms with van der Waals surface area (Å²) in [6.45, 7) is 8.18. The van der Waals surface area contributed by atoms with Gasteiger partial charge >= 0.3 is 0 Å². The number of benzene rings is 1. The molecule has 2 nitrogen and oxygen atoms in total. The maximum atomic E-state index is 3.94. The van der Waals surface area contributed by atoms with Crippen LogP contribution < -0.4 is 4.90 Å². The molecule has 2 rings (SSSR count). The van der Waals surface area contributed by atoms with E-state index in [-0.39, 0.29) is 0 Å². The molecule has 0 amide bonds. The number of hydrogen-bond acceptors (Lipinski definition) is 1. The van der Waals surface area contributed by atoms with Gasteiger partial charge in [-0.3, -0.25) is 0 Å². The predicted molar refractivity (Wildman–Crippen MR) is 63.5 cm³/mol. The van der Waals surface area contributed by atoms with Crippen molar-refractivity contribution in [1.29, 1.82) is 0 Å². The second-order valence-corrected chi connectivity index (χ2v) is 4.50. The van der Waals surface area contributed by atoms with Crippen molar-refractivity contribution in [2.24, 2.45) is 0 Å². The third kappa shape index (κ3) is 2.15. The molecule has 0 unspecified atom stereocenters. The van der Waals surface area contributed by atoms with Gasteiger partial charge in [0.05, 0.1) is 13.1 Å². The number of hydrogen-bond donors (Lipinski definition) is 0. The third-order valence-corrected chi connectivity index (χ3v) is 3.04. The number of rotatable bonds is 1. The first-order chi connectivity index (χ1) is 6.75. The largest absolute Gasteiger partial charge is 0.359 e. The highest BCUT2D eigenvalue weighted by Crippen LogP contribution is 2.20. The first-order valence-corrected chi connectivity index (χ1v) is 5.61. The van der Waals surface area contributed by atoms with Crippen LogP contribution in [-0.4, -0.2) is 37.5 Å². The van der Waals surface area contributed by atoms with E-state index in [1.165, 1.54) is 5.69 Å². The smallest absolute Gasteiger partial charge is 0.159 e. The van der Waals surface area contributed by atoms with Crippen LogP contribution in [0.15, 0.2) is 28.7 Å². The van der Waals surface area contributed by atoms with Gasteiger partial charge in [-0.05, 0) is 18.2 Å². The average Bonchev–Trinajstić information content (AvgIpc) is 2.19. The van der Waals surface area contributed by atoms with E-state index >= 15 is 0 Å². The third-order valence-electron chi connectivity index (χ3n) is 2.55. The highest BCUT2D eigenvalue weighted by molar-refractivity contribution is 9.10. The zero-order chi connectivity index (χ0) is 9.97. The lowest BCUT2D eigenvalue weighted by molar-refractivity contribution is -0.521. The molecule has 0 spiro atoms. The maximum absolute atomic E-state index is 3.94. The predicted octanol–water partition coefficient (Wildman–Crippen LogP) is 1.98. The quantitative estimate of drug-likeness (QED) is 0.694. The summed E-state index contributed by atoms with van der Waals surface area (Å²) in [7, 11) is 0. The molecule has 1 heterocycles. The van der Waals surface area contributed by atoms with Crippen molar-refractivity contribution in [3.63, 3.8) is 0 Å². The van der Waals surface area contributed by atoms with Gasteiger partial charge in [-0.15, -0.1) is 0 Å². The van der Waals surface area contributed by atoms with Crippen molar-refractivity contribution in [2.45, 2.75) is 0 Å². The molecule has 0 atom stereocenters. The number of nitrogens with zero attached hydrogens (tertiary/aromatic N) is 2. The summed E-state index contributed by atoms with van der Waals surface area (Å²) in [4.78, 5) is 2.40. The molecule has 14 heavy (non-hydrogen) atoms. The molecule has 1 aliphatic heterocycles. The number of halogens is 1. The topological polar surface area (TPSA) is 6.25 Å². The van der Waals surface area contributed by atoms with Crippen molar-refractivity contribution in [2.75, 3.05) is 31.1 Å². The molecule has 74 valence electrons. The minimum atomic E-state index is 1.05. The maximum Gasteiger partial charge on any atom is 0.159 e. The normalized spacial score (nSPS) is 17.2. The molecule has 0 aromatic heterocycles. The Morgan fingerprint density at radius 3 is 2.64 bits per heavy atom. The van der Waals surface area contributed by atoms with Gasteiger partial charge in [0.15, 0.2) is 13.1 Å². The summed E-state index contributed by atoms with van der Waals surface area (Å²) < 4.78 is 3.26. The number of anilines is 1. The second kappa shape index (κ2) is 4.13. The van der Waals surface area contributed by atoms with Gasteiger partial charge in [0.2, 0.25) is 0 Å². The van der Waals surface area contributed by atoms with Gasteiger partial charge in [-0.25, -0.2) is 4.58 Å². The minimum absolute atomic E-state index is 1.05. The Morgan fingerprint density at radius 1 is 1.29 bits per heavy atom. The van der Waals surface area contributed by atoms with Gasteiger partial charge in [0.25, 0.3) is 0 Å². The fraction of sp³-hybridized carbons (Fsp3) is 0.364. The van der Waals surface area contributed by atoms with Crippen molar-refractivity contribution in [1.82, 2.24) is 0 Å². The van der Waals surface area contributed by atoms with E-state index in [1.807, 2.05) is 0 Å². The SMILES string of the molecule is C=[N+]1CCN(c2cccc(Br)c2)CC1. The summed E-state index contributed by atoms with van der Waals surface area (Å²) in [5, 5.41) is 0. The molecule has 0 radical (unpaired) electrons. The van der Waals surface area contributed by atoms with Crippen LogP contribution in [0.4, 0.5) is 5.69 Å². The number of piperazine rings is 1. The van der Waals surface area contributed by atoms with Gasteiger partial charge in [0.1, 0.15) is 6.72 Å². The Kier molecular flexibility index (Phi) is 2.87. The molecule has 1 saturated heterocycles. The molecule has 3 heteroatoms. The van der Waals surface area contributed by atoms with Crippen molar-refractivity contribution >= 4 is 28.3 Å². The highest BCUT2D eigenvalue weighted by atomic mass is 79.9. The van der Waals surface area contributed by atoms with Crippen molar-refractivity contribution < 1.29 is 4.58 Å². The van der Waals surface area contributed by atoms with Crippen LogP contribution in [0.1, 0.15) is 0 Å². The van der Waals surface area contributed by atoms with Crippen LogP contribution >= 0.6 is 15.9 Å². The van der Waals surface area contributed by atoms with E-state index in [0.29, 0.717) is 0 Å². The van der Waals surface area contributed by atoms with Crippen LogP contribution in [0.3, 0.4) is 0 Å². The Morgan fingerprint density at radius 2 is 2.00 bits per heavy atom. The van der Waals surface area contributed by atoms with Crippen molar-refractivity contribution in [3.8, 4) is 0 Å². The average molecular weight is 254 g/mol. The summed E-state index contributed by atoms with van der Waals surface area (Å²) in [5.41, 5.74) is 1.30. The summed E-state index contributed by atoms with van der Waals surface area (Å²) in [6.07, 6.45) is 0. The van der Waals surface area contributed by atoms with Gasteiger partial charge in [0, 0.05) is 10.2 Å². The molecule has 0 aliphatic carbocycles. The lowest BCUT2D eigenvalue weighted by atomic mass is 10.2. The fourth-order valence-corrected chi connectivity index (χ4v) is 2.07. The molecule has 0 saturated carbocycles. The van der Waals surface area contributed by atoms with Crippen LogP contribution in [0, 0.1) is 0 Å². The zero-order valence-corrected chi connectivity index (χ0v) is 9.70. The van der Waals surface area contributed by atoms with E-state index in [4.69, 9.17) is 0 Å². The summed E-state index contributed by atoms with van der Waals surface area (Å²) >= 11 is 3.49. The van der Waals surface area contributed by atoms with Gasteiger partial charge in [-0.2, -0.15) is 0 Å². The Balaban J connectivity index is 2.12. The molecule has 1 aromatic rings. The van der Waals surface area contributed by atoms with Crippen LogP contribution in [0.2, 0.25) is 0 Å². The first-order valence-electron chi connectivity index (χ1n) is 4.82. The van der Waals surface area contributed by atoms with Gasteiger partial charge in [-0.1, -0.05) is 22.0 Å². The second-order valence-electron chi connectivity index (χ2n) is 3.58. The van der Waals surface area contributed by atoms with E-state index in [1.54, 1.807) is 0 Å². The molecule has 1 aromatic carbocycles. The molecule has 0 N–H and O–H groups in total. The molecular formula is C11H14BrN2+. The molecule has 1 aliphatic rings. The monoisotopic (exact) mass is 253 g/mol. The van der Waals surface area contributed by atoms with E-state index in [2.05, 4.69) is 56.4 Å². The minimum Gasteiger partial charge on any atom is -0.359 e. The summed E-state index contributed by atoms with van der Waals surface area (Å²) in [6, 6.07) is 8.46. The Bertz CT molecular complexity index is 339. The molecule has 0 bridgehead atoms. The summed E-state index contributed by atoms with van der Waals surface area (Å²) in [5.74, 6) is 0. The molecular weight excluding hydrogens is 240 g/mol. The van der Waals surface area contributed by atoms with E-state index in [0.717, 1.165) is 30.7 Å². The lowest BCUT2D eigenvalue weighted by Crippen LogP contribution is -2.41. The van der Waals surface area contributed by atoms with Crippen LogP contribution in [0.25, 0.3) is 0 Å². The van der Waals surface area contributed by atoms with E-state index < -0.39 is 0 Å². The Labute approximate surface area is 93.0 Å². The molecule has 1 fully saturated rings. The Hall–Kier alpha value is -0.830. The lowest BCUT2D eigenvalue weighted by Gasteiger charge is -2.26. The van der Waals surface area contributed by atoms with Crippen molar-refractivity contribution in [3.05, 3.63) is 28.7 Å². The van der Waals surface area contributed by atoms with E-state index in [9.17, 15) is 0 Å². The first kappa shape index (κ1) is 9.71. The van der Waals surface area contributed by atoms with Crippen LogP contribution in [0.5, 0.6) is 0 Å².